The molecule has 154 valence electrons. The summed E-state index contributed by atoms with van der Waals surface area (Å²) in [5.41, 5.74) is 2.13. The number of ketones is 1. The summed E-state index contributed by atoms with van der Waals surface area (Å²) in [5.74, 6) is 2.91. The number of hydrogen-bond acceptors (Lipinski definition) is 3. The van der Waals surface area contributed by atoms with Gasteiger partial charge in [-0.15, -0.1) is 0 Å². The van der Waals surface area contributed by atoms with Crippen molar-refractivity contribution in [1.82, 2.24) is 0 Å². The predicted octanol–water partition coefficient (Wildman–Crippen LogP) is 5.48. The fraction of sp³-hybridized carbons (Fsp3) is 0.840. The Kier molecular flexibility index (Phi) is 4.01. The molecule has 0 amide bonds. The first-order chi connectivity index (χ1) is 13.2. The Morgan fingerprint density at radius 3 is 2.39 bits per heavy atom. The summed E-state index contributed by atoms with van der Waals surface area (Å²) in [6.45, 7) is 9.69. The van der Waals surface area contributed by atoms with Crippen LogP contribution in [0.25, 0.3) is 0 Å². The maximum atomic E-state index is 12.3. The normalized spacial score (nSPS) is 46.8. The molecule has 0 aromatic carbocycles. The van der Waals surface area contributed by atoms with E-state index in [9.17, 15) is 9.59 Å². The second-order valence-electron chi connectivity index (χ2n) is 11.5. The van der Waals surface area contributed by atoms with Crippen molar-refractivity contribution in [3.63, 3.8) is 0 Å². The number of ether oxygens (including phenoxy) is 1. The SMILES string of the molecule is CC(C)C1C2CC3(CC3)C3=CC(=O)CC[C@]3(C)C2CC[C@]1(C)[C@H]1CCC(=O)O1. The summed E-state index contributed by atoms with van der Waals surface area (Å²) in [4.78, 5) is 24.2. The van der Waals surface area contributed by atoms with E-state index in [-0.39, 0.29) is 22.9 Å². The van der Waals surface area contributed by atoms with Crippen LogP contribution in [-0.2, 0) is 14.3 Å². The fourth-order valence-electron chi connectivity index (χ4n) is 8.51. The Bertz CT molecular complexity index is 745. The molecule has 0 aromatic rings. The Hall–Kier alpha value is -1.12. The number of allylic oxidation sites excluding steroid dienone is 2. The van der Waals surface area contributed by atoms with Crippen LogP contribution >= 0.6 is 0 Å². The Morgan fingerprint density at radius 1 is 1.04 bits per heavy atom. The van der Waals surface area contributed by atoms with E-state index >= 15 is 0 Å². The lowest BCUT2D eigenvalue weighted by molar-refractivity contribution is -0.162. The topological polar surface area (TPSA) is 43.4 Å². The third-order valence-corrected chi connectivity index (χ3v) is 9.75. The summed E-state index contributed by atoms with van der Waals surface area (Å²) < 4.78 is 5.88. The molecule has 6 atom stereocenters. The number of esters is 1. The van der Waals surface area contributed by atoms with Gasteiger partial charge >= 0.3 is 5.97 Å². The molecule has 3 unspecified atom stereocenters. The average molecular weight is 385 g/mol. The number of rotatable bonds is 2. The van der Waals surface area contributed by atoms with E-state index in [2.05, 4.69) is 33.8 Å². The van der Waals surface area contributed by atoms with Gasteiger partial charge < -0.3 is 4.74 Å². The molecule has 0 aromatic heterocycles. The highest BCUT2D eigenvalue weighted by Crippen LogP contribution is 2.73. The molecule has 4 fully saturated rings. The number of hydrogen-bond donors (Lipinski definition) is 0. The van der Waals surface area contributed by atoms with Crippen LogP contribution in [-0.4, -0.2) is 17.9 Å². The van der Waals surface area contributed by atoms with Crippen LogP contribution in [0.15, 0.2) is 11.6 Å². The lowest BCUT2D eigenvalue weighted by Crippen LogP contribution is -2.57. The average Bonchev–Trinajstić information content (AvgIpc) is 3.25. The highest BCUT2D eigenvalue weighted by molar-refractivity contribution is 5.92. The third-order valence-electron chi connectivity index (χ3n) is 9.75. The van der Waals surface area contributed by atoms with E-state index in [1.807, 2.05) is 0 Å². The molecule has 4 aliphatic carbocycles. The quantitative estimate of drug-likeness (QED) is 0.592. The zero-order valence-electron chi connectivity index (χ0n) is 18.1. The highest BCUT2D eigenvalue weighted by atomic mass is 16.5. The van der Waals surface area contributed by atoms with E-state index in [4.69, 9.17) is 4.74 Å². The van der Waals surface area contributed by atoms with E-state index in [0.29, 0.717) is 41.3 Å². The summed E-state index contributed by atoms with van der Waals surface area (Å²) in [6, 6.07) is 0. The molecule has 28 heavy (non-hydrogen) atoms. The maximum absolute atomic E-state index is 12.3. The van der Waals surface area contributed by atoms with Crippen molar-refractivity contribution >= 4 is 11.8 Å². The molecule has 3 saturated carbocycles. The van der Waals surface area contributed by atoms with Gasteiger partial charge in [-0.1, -0.05) is 33.3 Å². The van der Waals surface area contributed by atoms with Crippen LogP contribution in [0.5, 0.6) is 0 Å². The largest absolute Gasteiger partial charge is 0.462 e. The zero-order chi connectivity index (χ0) is 19.9. The van der Waals surface area contributed by atoms with Crippen molar-refractivity contribution in [3.05, 3.63) is 11.6 Å². The van der Waals surface area contributed by atoms with Gasteiger partial charge in [0.1, 0.15) is 6.10 Å². The van der Waals surface area contributed by atoms with E-state index < -0.39 is 0 Å². The summed E-state index contributed by atoms with van der Waals surface area (Å²) in [6.07, 6.45) is 11.6. The second kappa shape index (κ2) is 5.95. The molecule has 1 saturated heterocycles. The molecule has 5 aliphatic rings. The smallest absolute Gasteiger partial charge is 0.306 e. The first-order valence-corrected chi connectivity index (χ1v) is 11.6. The minimum atomic E-state index is 0.00105. The van der Waals surface area contributed by atoms with Gasteiger partial charge in [0.25, 0.3) is 0 Å². The molecule has 3 nitrogen and oxygen atoms in total. The van der Waals surface area contributed by atoms with Crippen LogP contribution in [0, 0.1) is 39.9 Å². The van der Waals surface area contributed by atoms with Crippen LogP contribution in [0.2, 0.25) is 0 Å². The number of cyclic esters (lactones) is 1. The molecule has 0 N–H and O–H groups in total. The Balaban J connectivity index is 1.55. The Morgan fingerprint density at radius 2 is 1.79 bits per heavy atom. The predicted molar refractivity (Wildman–Crippen MR) is 108 cm³/mol. The molecule has 1 aliphatic heterocycles. The van der Waals surface area contributed by atoms with Crippen molar-refractivity contribution in [3.8, 4) is 0 Å². The van der Waals surface area contributed by atoms with Gasteiger partial charge in [0.2, 0.25) is 0 Å². The van der Waals surface area contributed by atoms with Crippen LogP contribution in [0.3, 0.4) is 0 Å². The van der Waals surface area contributed by atoms with E-state index in [1.54, 1.807) is 0 Å². The molecule has 3 heteroatoms. The van der Waals surface area contributed by atoms with Gasteiger partial charge in [0.15, 0.2) is 5.78 Å². The van der Waals surface area contributed by atoms with Crippen molar-refractivity contribution in [2.45, 2.75) is 91.6 Å². The number of carbonyl (C=O) groups excluding carboxylic acids is 2. The van der Waals surface area contributed by atoms with Crippen molar-refractivity contribution < 1.29 is 14.3 Å². The van der Waals surface area contributed by atoms with Gasteiger partial charge in [-0.05, 0) is 85.5 Å². The zero-order valence-corrected chi connectivity index (χ0v) is 18.1. The standard InChI is InChI=1S/C25H36O3/c1-15(2)22-17-14-25(11-12-25)19-13-16(26)7-9-23(19,3)18(17)8-10-24(22,4)20-5-6-21(27)28-20/h13,15,17-18,20,22H,5-12,14H2,1-4H3/t17?,18?,20-,22?,23-,24-/m1/s1. The first-order valence-electron chi connectivity index (χ1n) is 11.6. The van der Waals surface area contributed by atoms with Crippen molar-refractivity contribution in [2.75, 3.05) is 0 Å². The van der Waals surface area contributed by atoms with Crippen LogP contribution in [0.1, 0.15) is 85.5 Å². The van der Waals surface area contributed by atoms with Gasteiger partial charge in [-0.3, -0.25) is 9.59 Å². The summed E-state index contributed by atoms with van der Waals surface area (Å²) in [5, 5.41) is 0. The molecule has 1 spiro atoms. The maximum Gasteiger partial charge on any atom is 0.306 e. The van der Waals surface area contributed by atoms with Crippen molar-refractivity contribution in [1.29, 1.82) is 0 Å². The molecule has 0 bridgehead atoms. The second-order valence-corrected chi connectivity index (χ2v) is 11.5. The third kappa shape index (κ3) is 2.46. The lowest BCUT2D eigenvalue weighted by atomic mass is 9.42. The van der Waals surface area contributed by atoms with Gasteiger partial charge in [0, 0.05) is 18.3 Å². The first kappa shape index (κ1) is 18.9. The lowest BCUT2D eigenvalue weighted by Gasteiger charge is -2.62. The number of fused-ring (bicyclic) bond motifs is 4. The van der Waals surface area contributed by atoms with Gasteiger partial charge in [0.05, 0.1) is 0 Å². The summed E-state index contributed by atoms with van der Waals surface area (Å²) >= 11 is 0. The van der Waals surface area contributed by atoms with Crippen molar-refractivity contribution in [2.24, 2.45) is 39.9 Å². The van der Waals surface area contributed by atoms with Gasteiger partial charge in [-0.2, -0.15) is 0 Å². The van der Waals surface area contributed by atoms with Gasteiger partial charge in [-0.25, -0.2) is 0 Å². The monoisotopic (exact) mass is 384 g/mol. The summed E-state index contributed by atoms with van der Waals surface area (Å²) in [7, 11) is 0. The molecular weight excluding hydrogens is 348 g/mol. The highest BCUT2D eigenvalue weighted by Gasteiger charge is 2.66. The van der Waals surface area contributed by atoms with E-state index in [0.717, 1.165) is 25.7 Å². The van der Waals surface area contributed by atoms with Crippen LogP contribution in [0.4, 0.5) is 0 Å². The molecular formula is C25H36O3. The van der Waals surface area contributed by atoms with Crippen LogP contribution < -0.4 is 0 Å². The molecule has 0 radical (unpaired) electrons. The fourth-order valence-corrected chi connectivity index (χ4v) is 8.51. The minimum absolute atomic E-state index is 0.00105. The number of carbonyl (C=O) groups is 2. The molecule has 5 rings (SSSR count). The Labute approximate surface area is 169 Å². The molecule has 1 heterocycles. The minimum Gasteiger partial charge on any atom is -0.462 e. The van der Waals surface area contributed by atoms with E-state index in [1.165, 1.54) is 31.3 Å².